The van der Waals surface area contributed by atoms with Crippen LogP contribution in [0.25, 0.3) is 0 Å². The van der Waals surface area contributed by atoms with Crippen LogP contribution < -0.4 is 4.74 Å². The number of halogens is 2. The molecule has 0 spiro atoms. The van der Waals surface area contributed by atoms with Crippen molar-refractivity contribution >= 4 is 15.9 Å². The third-order valence-electron chi connectivity index (χ3n) is 6.32. The molecule has 0 N–H and O–H groups in total. The van der Waals surface area contributed by atoms with Crippen LogP contribution in [0.3, 0.4) is 0 Å². The van der Waals surface area contributed by atoms with Crippen molar-refractivity contribution in [3.8, 4) is 5.75 Å². The zero-order valence-electron chi connectivity index (χ0n) is 18.8. The number of morpholine rings is 1. The lowest BCUT2D eigenvalue weighted by Crippen LogP contribution is -2.52. The van der Waals surface area contributed by atoms with Crippen molar-refractivity contribution in [2.75, 3.05) is 46.0 Å². The van der Waals surface area contributed by atoms with Gasteiger partial charge in [-0.25, -0.2) is 17.2 Å². The minimum atomic E-state index is -4.23. The van der Waals surface area contributed by atoms with Crippen LogP contribution in [0.1, 0.15) is 19.3 Å². The van der Waals surface area contributed by atoms with E-state index < -0.39 is 32.0 Å². The summed E-state index contributed by atoms with van der Waals surface area (Å²) in [5.41, 5.74) is -0.799. The Morgan fingerprint density at radius 3 is 2.50 bits per heavy atom. The van der Waals surface area contributed by atoms with E-state index in [2.05, 4.69) is 0 Å². The summed E-state index contributed by atoms with van der Waals surface area (Å²) >= 11 is 0. The minimum Gasteiger partial charge on any atom is -0.493 e. The zero-order chi connectivity index (χ0) is 24.2. The van der Waals surface area contributed by atoms with Crippen LogP contribution in [0.4, 0.5) is 8.78 Å². The van der Waals surface area contributed by atoms with E-state index in [1.807, 2.05) is 18.2 Å². The molecule has 2 aliphatic rings. The first-order valence-corrected chi connectivity index (χ1v) is 12.7. The summed E-state index contributed by atoms with van der Waals surface area (Å²) in [7, 11) is -4.23. The van der Waals surface area contributed by atoms with Crippen molar-refractivity contribution in [2.24, 2.45) is 5.41 Å². The number of piperidine rings is 1. The molecule has 0 aliphatic carbocycles. The topological polar surface area (TPSA) is 76.2 Å². The van der Waals surface area contributed by atoms with Gasteiger partial charge in [-0.15, -0.1) is 0 Å². The Hall–Kier alpha value is -2.56. The second-order valence-corrected chi connectivity index (χ2v) is 10.7. The molecule has 2 aliphatic heterocycles. The Balaban J connectivity index is 1.59. The van der Waals surface area contributed by atoms with Crippen LogP contribution in [0.5, 0.6) is 5.75 Å². The fourth-order valence-corrected chi connectivity index (χ4v) is 6.14. The van der Waals surface area contributed by atoms with Crippen molar-refractivity contribution < 1.29 is 31.5 Å². The molecule has 7 nitrogen and oxygen atoms in total. The van der Waals surface area contributed by atoms with Gasteiger partial charge in [-0.1, -0.05) is 18.2 Å². The summed E-state index contributed by atoms with van der Waals surface area (Å²) in [5.74, 6) is -1.46. The second-order valence-electron chi connectivity index (χ2n) is 8.79. The average Bonchev–Trinajstić information content (AvgIpc) is 2.84. The molecule has 2 fully saturated rings. The number of ether oxygens (including phenoxy) is 2. The van der Waals surface area contributed by atoms with E-state index in [9.17, 15) is 22.0 Å². The highest BCUT2D eigenvalue weighted by Gasteiger charge is 2.43. The minimum absolute atomic E-state index is 0.00490. The van der Waals surface area contributed by atoms with Gasteiger partial charge in [-0.05, 0) is 37.1 Å². The Bertz CT molecular complexity index is 1110. The van der Waals surface area contributed by atoms with E-state index in [-0.39, 0.29) is 32.0 Å². The van der Waals surface area contributed by atoms with Gasteiger partial charge in [0.15, 0.2) is 0 Å². The smallest absolute Gasteiger partial charge is 0.246 e. The summed E-state index contributed by atoms with van der Waals surface area (Å²) in [6.07, 6.45) is 1.15. The SMILES string of the molecule is O=C(CC1(COc2ccccc2)CCCN(S(=O)(=O)c2ccc(F)cc2F)C1)N1CCOCC1. The molecular weight excluding hydrogens is 466 g/mol. The predicted octanol–water partition coefficient (Wildman–Crippen LogP) is 3.06. The van der Waals surface area contributed by atoms with E-state index in [0.29, 0.717) is 51.0 Å². The van der Waals surface area contributed by atoms with Crippen molar-refractivity contribution in [1.82, 2.24) is 9.21 Å². The second kappa shape index (κ2) is 10.4. The molecule has 0 bridgehead atoms. The molecule has 4 rings (SSSR count). The number of hydrogen-bond acceptors (Lipinski definition) is 5. The number of benzene rings is 2. The molecule has 0 radical (unpaired) electrons. The maximum Gasteiger partial charge on any atom is 0.246 e. The average molecular weight is 495 g/mol. The van der Waals surface area contributed by atoms with Gasteiger partial charge in [0.2, 0.25) is 15.9 Å². The molecule has 2 aromatic carbocycles. The summed E-state index contributed by atoms with van der Waals surface area (Å²) in [5, 5.41) is 0. The van der Waals surface area contributed by atoms with Crippen molar-refractivity contribution in [2.45, 2.75) is 24.2 Å². The Morgan fingerprint density at radius 1 is 1.06 bits per heavy atom. The lowest BCUT2D eigenvalue weighted by atomic mass is 9.78. The number of rotatable bonds is 7. The number of carbonyl (C=O) groups is 1. The van der Waals surface area contributed by atoms with Crippen molar-refractivity contribution in [3.63, 3.8) is 0 Å². The van der Waals surface area contributed by atoms with Gasteiger partial charge < -0.3 is 14.4 Å². The highest BCUT2D eigenvalue weighted by Crippen LogP contribution is 2.37. The molecule has 1 unspecified atom stereocenters. The molecule has 1 atom stereocenters. The Morgan fingerprint density at radius 2 is 1.79 bits per heavy atom. The highest BCUT2D eigenvalue weighted by molar-refractivity contribution is 7.89. The van der Waals surface area contributed by atoms with Gasteiger partial charge in [0.05, 0.1) is 19.8 Å². The summed E-state index contributed by atoms with van der Waals surface area (Å²) in [6, 6.07) is 11.5. The lowest BCUT2D eigenvalue weighted by molar-refractivity contribution is -0.139. The molecule has 2 heterocycles. The number of hydrogen-bond donors (Lipinski definition) is 0. The van der Waals surface area contributed by atoms with Gasteiger partial charge in [0, 0.05) is 44.1 Å². The van der Waals surface area contributed by atoms with Gasteiger partial charge >= 0.3 is 0 Å². The molecule has 10 heteroatoms. The van der Waals surface area contributed by atoms with Crippen molar-refractivity contribution in [1.29, 1.82) is 0 Å². The Kier molecular flexibility index (Phi) is 7.49. The molecule has 2 saturated heterocycles. The van der Waals surface area contributed by atoms with E-state index in [1.54, 1.807) is 17.0 Å². The molecule has 184 valence electrons. The fraction of sp³-hybridized carbons (Fsp3) is 0.458. The maximum absolute atomic E-state index is 14.4. The maximum atomic E-state index is 14.4. The van der Waals surface area contributed by atoms with Crippen LogP contribution >= 0.6 is 0 Å². The molecular formula is C24H28F2N2O5S. The van der Waals surface area contributed by atoms with E-state index in [1.165, 1.54) is 4.31 Å². The zero-order valence-corrected chi connectivity index (χ0v) is 19.6. The molecule has 34 heavy (non-hydrogen) atoms. The van der Waals surface area contributed by atoms with Gasteiger partial charge in [0.25, 0.3) is 0 Å². The summed E-state index contributed by atoms with van der Waals surface area (Å²) < 4.78 is 66.8. The summed E-state index contributed by atoms with van der Waals surface area (Å²) in [6.45, 7) is 2.19. The van der Waals surface area contributed by atoms with Gasteiger partial charge in [-0.2, -0.15) is 4.31 Å². The van der Waals surface area contributed by atoms with Gasteiger partial charge in [-0.3, -0.25) is 4.79 Å². The van der Waals surface area contributed by atoms with E-state index in [0.717, 1.165) is 12.1 Å². The van der Waals surface area contributed by atoms with Crippen LogP contribution in [0.15, 0.2) is 53.4 Å². The quantitative estimate of drug-likeness (QED) is 0.592. The van der Waals surface area contributed by atoms with Crippen molar-refractivity contribution in [3.05, 3.63) is 60.2 Å². The molecule has 1 amide bonds. The number of amides is 1. The third-order valence-corrected chi connectivity index (χ3v) is 8.19. The molecule has 2 aromatic rings. The van der Waals surface area contributed by atoms with Gasteiger partial charge in [0.1, 0.15) is 22.3 Å². The first-order valence-electron chi connectivity index (χ1n) is 11.3. The predicted molar refractivity (Wildman–Crippen MR) is 121 cm³/mol. The monoisotopic (exact) mass is 494 g/mol. The number of sulfonamides is 1. The first-order chi connectivity index (χ1) is 16.3. The highest BCUT2D eigenvalue weighted by atomic mass is 32.2. The first kappa shape index (κ1) is 24.6. The number of nitrogens with zero attached hydrogens (tertiary/aromatic N) is 2. The lowest BCUT2D eigenvalue weighted by Gasteiger charge is -2.42. The van der Waals surface area contributed by atoms with Crippen LogP contribution in [-0.2, 0) is 19.6 Å². The number of para-hydroxylation sites is 1. The van der Waals surface area contributed by atoms with Crippen LogP contribution in [0, 0.1) is 17.0 Å². The van der Waals surface area contributed by atoms with E-state index in [4.69, 9.17) is 9.47 Å². The molecule has 0 saturated carbocycles. The Labute approximate surface area is 198 Å². The third kappa shape index (κ3) is 5.56. The fourth-order valence-electron chi connectivity index (χ4n) is 4.50. The van der Waals surface area contributed by atoms with Crippen LogP contribution in [0.2, 0.25) is 0 Å². The number of carbonyl (C=O) groups excluding carboxylic acids is 1. The largest absolute Gasteiger partial charge is 0.493 e. The van der Waals surface area contributed by atoms with E-state index >= 15 is 0 Å². The van der Waals surface area contributed by atoms with Crippen LogP contribution in [-0.4, -0.2) is 69.5 Å². The molecule has 0 aromatic heterocycles. The summed E-state index contributed by atoms with van der Waals surface area (Å²) in [4.78, 5) is 14.3. The normalized spacial score (nSPS) is 21.9. The standard InChI is InChI=1S/C24H28F2N2O5S/c25-19-7-8-22(21(26)15-19)34(30,31)28-10-4-9-24(17-28,18-33-20-5-2-1-3-6-20)16-23(29)27-11-13-32-14-12-27/h1-3,5-8,15H,4,9-14,16-18H2.